The van der Waals surface area contributed by atoms with Crippen molar-refractivity contribution in [1.82, 2.24) is 4.57 Å². The van der Waals surface area contributed by atoms with Crippen LogP contribution in [0, 0.1) is 6.92 Å². The highest BCUT2D eigenvalue weighted by Gasteiger charge is 2.35. The Kier molecular flexibility index (Phi) is 3.87. The van der Waals surface area contributed by atoms with Crippen molar-refractivity contribution in [3.8, 4) is 11.5 Å². The van der Waals surface area contributed by atoms with Gasteiger partial charge in [-0.25, -0.2) is 0 Å². The topological polar surface area (TPSA) is 87.7 Å². The number of benzene rings is 1. The summed E-state index contributed by atoms with van der Waals surface area (Å²) in [7, 11) is 3.21. The molecule has 1 atom stereocenters. The Morgan fingerprint density at radius 1 is 1.15 bits per heavy atom. The number of aromatic nitrogens is 1. The van der Waals surface area contributed by atoms with Crippen LogP contribution in [0.1, 0.15) is 29.4 Å². The van der Waals surface area contributed by atoms with Gasteiger partial charge >= 0.3 is 5.97 Å². The third kappa shape index (κ3) is 2.71. The summed E-state index contributed by atoms with van der Waals surface area (Å²) >= 11 is 0. The normalized spacial score (nSPS) is 16.1. The second-order valence-corrected chi connectivity index (χ2v) is 6.53. The molecule has 0 fully saturated rings. The highest BCUT2D eigenvalue weighted by Crippen LogP contribution is 2.37. The zero-order chi connectivity index (χ0) is 19.3. The number of rotatable bonds is 2. The Morgan fingerprint density at radius 2 is 1.93 bits per heavy atom. The Morgan fingerprint density at radius 3 is 2.67 bits per heavy atom. The maximum Gasteiger partial charge on any atom is 0.312 e. The van der Waals surface area contributed by atoms with Crippen molar-refractivity contribution in [2.24, 2.45) is 7.05 Å². The van der Waals surface area contributed by atoms with Crippen LogP contribution < -0.4 is 20.5 Å². The van der Waals surface area contributed by atoms with Crippen LogP contribution in [0.2, 0.25) is 0 Å². The van der Waals surface area contributed by atoms with Gasteiger partial charge in [-0.05, 0) is 30.5 Å². The molecule has 0 bridgehead atoms. The van der Waals surface area contributed by atoms with Crippen molar-refractivity contribution in [3.63, 3.8) is 0 Å². The molecule has 0 amide bonds. The van der Waals surface area contributed by atoms with Gasteiger partial charge in [0, 0.05) is 24.7 Å². The van der Waals surface area contributed by atoms with E-state index in [4.69, 9.17) is 13.9 Å². The molecule has 0 radical (unpaired) electrons. The third-order valence-electron chi connectivity index (χ3n) is 4.79. The van der Waals surface area contributed by atoms with Crippen molar-refractivity contribution in [2.45, 2.75) is 19.3 Å². The molecule has 2 aromatic heterocycles. The highest BCUT2D eigenvalue weighted by molar-refractivity contribution is 5.82. The Hall–Kier alpha value is -3.35. The average molecular weight is 367 g/mol. The Balaban J connectivity index is 1.99. The van der Waals surface area contributed by atoms with Crippen molar-refractivity contribution in [3.05, 3.63) is 68.0 Å². The van der Waals surface area contributed by atoms with E-state index in [-0.39, 0.29) is 23.5 Å². The van der Waals surface area contributed by atoms with E-state index in [1.165, 1.54) is 10.6 Å². The Labute approximate surface area is 153 Å². The van der Waals surface area contributed by atoms with E-state index in [0.29, 0.717) is 22.6 Å². The number of hydrogen-bond acceptors (Lipinski definition) is 6. The number of aryl methyl sites for hydroxylation is 2. The standard InChI is InChI=1S/C20H17NO6/c1-10-6-16(22)19-18(26-10)13(9-17(23)27-19)14-7-11-4-5-12(25-3)8-15(11)21(2)20(14)24/h4-8,13H,9H2,1-3H3. The van der Waals surface area contributed by atoms with E-state index in [1.54, 1.807) is 39.3 Å². The number of fused-ring (bicyclic) bond motifs is 2. The second kappa shape index (κ2) is 6.12. The third-order valence-corrected chi connectivity index (χ3v) is 4.79. The monoisotopic (exact) mass is 367 g/mol. The summed E-state index contributed by atoms with van der Waals surface area (Å²) in [6.07, 6.45) is -0.0731. The number of esters is 1. The summed E-state index contributed by atoms with van der Waals surface area (Å²) in [5.74, 6) is -0.148. The lowest BCUT2D eigenvalue weighted by Crippen LogP contribution is -2.30. The van der Waals surface area contributed by atoms with Crippen molar-refractivity contribution >= 4 is 16.9 Å². The van der Waals surface area contributed by atoms with Gasteiger partial charge in [-0.15, -0.1) is 0 Å². The largest absolute Gasteiger partial charge is 0.497 e. The van der Waals surface area contributed by atoms with Gasteiger partial charge in [0.05, 0.1) is 25.0 Å². The molecule has 3 heterocycles. The molecule has 1 aliphatic heterocycles. The van der Waals surface area contributed by atoms with Gasteiger partial charge in [0.2, 0.25) is 11.2 Å². The van der Waals surface area contributed by atoms with Crippen LogP contribution in [0.25, 0.3) is 10.9 Å². The number of nitrogens with zero attached hydrogens (tertiary/aromatic N) is 1. The van der Waals surface area contributed by atoms with Gasteiger partial charge in [-0.2, -0.15) is 0 Å². The lowest BCUT2D eigenvalue weighted by Gasteiger charge is -2.23. The fraction of sp³-hybridized carbons (Fsp3) is 0.250. The average Bonchev–Trinajstić information content (AvgIpc) is 2.64. The first-order valence-electron chi connectivity index (χ1n) is 8.42. The number of pyridine rings is 1. The van der Waals surface area contributed by atoms with E-state index in [2.05, 4.69) is 0 Å². The summed E-state index contributed by atoms with van der Waals surface area (Å²) in [5.41, 5.74) is 0.369. The zero-order valence-electron chi connectivity index (χ0n) is 15.1. The summed E-state index contributed by atoms with van der Waals surface area (Å²) < 4.78 is 17.5. The first-order chi connectivity index (χ1) is 12.9. The predicted octanol–water partition coefficient (Wildman–Crippen LogP) is 2.25. The first-order valence-corrected chi connectivity index (χ1v) is 8.42. The molecule has 1 unspecified atom stereocenters. The van der Waals surface area contributed by atoms with E-state index in [1.807, 2.05) is 6.07 Å². The van der Waals surface area contributed by atoms with Crippen LogP contribution in [0.5, 0.6) is 11.5 Å². The molecule has 3 aromatic rings. The summed E-state index contributed by atoms with van der Waals surface area (Å²) in [6.45, 7) is 1.64. The minimum Gasteiger partial charge on any atom is -0.497 e. The number of carbonyl (C=O) groups excluding carboxylic acids is 1. The first kappa shape index (κ1) is 17.1. The number of carbonyl (C=O) groups is 1. The molecule has 0 saturated carbocycles. The van der Waals surface area contributed by atoms with Crippen LogP contribution >= 0.6 is 0 Å². The SMILES string of the molecule is COc1ccc2cc(C3CC(=O)Oc4c3oc(C)cc4=O)c(=O)n(C)c2c1. The van der Waals surface area contributed by atoms with Crippen LogP contribution in [-0.2, 0) is 11.8 Å². The quantitative estimate of drug-likeness (QED) is 0.646. The molecule has 1 aliphatic rings. The van der Waals surface area contributed by atoms with Crippen LogP contribution in [-0.4, -0.2) is 17.6 Å². The molecule has 0 aliphatic carbocycles. The van der Waals surface area contributed by atoms with E-state index < -0.39 is 17.3 Å². The maximum absolute atomic E-state index is 13.0. The van der Waals surface area contributed by atoms with E-state index in [9.17, 15) is 14.4 Å². The van der Waals surface area contributed by atoms with Gasteiger partial charge in [-0.3, -0.25) is 14.4 Å². The predicted molar refractivity (Wildman–Crippen MR) is 97.6 cm³/mol. The summed E-state index contributed by atoms with van der Waals surface area (Å²) in [6, 6.07) is 8.40. The van der Waals surface area contributed by atoms with Gasteiger partial charge < -0.3 is 18.5 Å². The highest BCUT2D eigenvalue weighted by atomic mass is 16.5. The second-order valence-electron chi connectivity index (χ2n) is 6.53. The lowest BCUT2D eigenvalue weighted by atomic mass is 9.90. The van der Waals surface area contributed by atoms with Crippen LogP contribution in [0.3, 0.4) is 0 Å². The van der Waals surface area contributed by atoms with Gasteiger partial charge in [-0.1, -0.05) is 0 Å². The summed E-state index contributed by atoms with van der Waals surface area (Å²) in [5, 5.41) is 0.809. The molecule has 0 saturated heterocycles. The molecule has 1 aromatic carbocycles. The molecule has 138 valence electrons. The zero-order valence-corrected chi connectivity index (χ0v) is 15.1. The summed E-state index contributed by atoms with van der Waals surface area (Å²) in [4.78, 5) is 37.3. The van der Waals surface area contributed by atoms with E-state index in [0.717, 1.165) is 5.39 Å². The lowest BCUT2D eigenvalue weighted by molar-refractivity contribution is -0.136. The molecule has 27 heavy (non-hydrogen) atoms. The van der Waals surface area contributed by atoms with Crippen molar-refractivity contribution in [1.29, 1.82) is 0 Å². The minimum absolute atomic E-state index is 0.0731. The Bertz CT molecular complexity index is 1200. The molecular weight excluding hydrogens is 350 g/mol. The number of ether oxygens (including phenoxy) is 2. The van der Waals surface area contributed by atoms with Crippen LogP contribution in [0.4, 0.5) is 0 Å². The van der Waals surface area contributed by atoms with Gasteiger partial charge in [0.1, 0.15) is 11.5 Å². The molecular formula is C20H17NO6. The fourth-order valence-corrected chi connectivity index (χ4v) is 3.46. The van der Waals surface area contributed by atoms with Crippen LogP contribution in [0.15, 0.2) is 44.3 Å². The van der Waals surface area contributed by atoms with Crippen molar-refractivity contribution < 1.29 is 18.7 Å². The van der Waals surface area contributed by atoms with Crippen molar-refractivity contribution in [2.75, 3.05) is 7.11 Å². The number of hydrogen-bond donors (Lipinski definition) is 0. The molecule has 7 nitrogen and oxygen atoms in total. The molecule has 4 rings (SSSR count). The molecule has 7 heteroatoms. The van der Waals surface area contributed by atoms with Gasteiger partial charge in [0.25, 0.3) is 5.56 Å². The maximum atomic E-state index is 13.0. The minimum atomic E-state index is -0.681. The van der Waals surface area contributed by atoms with E-state index >= 15 is 0 Å². The smallest absolute Gasteiger partial charge is 0.312 e. The van der Waals surface area contributed by atoms with Gasteiger partial charge in [0.15, 0.2) is 5.76 Å². The number of methoxy groups -OCH3 is 1. The fourth-order valence-electron chi connectivity index (χ4n) is 3.46. The molecule has 0 N–H and O–H groups in total. The molecule has 0 spiro atoms.